The smallest absolute Gasteiger partial charge is 0.0412 e. The summed E-state index contributed by atoms with van der Waals surface area (Å²) in [6.07, 6.45) is 1.04. The van der Waals surface area contributed by atoms with Crippen molar-refractivity contribution >= 4 is 17.2 Å². The monoisotopic (exact) mass is 240 g/mol. The van der Waals surface area contributed by atoms with Gasteiger partial charge in [0.2, 0.25) is 0 Å². The summed E-state index contributed by atoms with van der Waals surface area (Å²) in [7, 11) is 0. The lowest BCUT2D eigenvalue weighted by Crippen LogP contribution is -1.87. The second-order valence-corrected chi connectivity index (χ2v) is 4.94. The molecule has 0 aliphatic heterocycles. The van der Waals surface area contributed by atoms with E-state index in [-0.39, 0.29) is 0 Å². The van der Waals surface area contributed by atoms with Crippen molar-refractivity contribution in [3.63, 3.8) is 0 Å². The van der Waals surface area contributed by atoms with E-state index in [1.54, 1.807) is 0 Å². The highest BCUT2D eigenvalue weighted by molar-refractivity contribution is 6.30. The Morgan fingerprint density at radius 1 is 1.00 bits per heavy atom. The molecule has 0 amide bonds. The Morgan fingerprint density at radius 2 is 1.76 bits per heavy atom. The van der Waals surface area contributed by atoms with Gasteiger partial charge in [-0.3, -0.25) is 0 Å². The van der Waals surface area contributed by atoms with E-state index in [1.165, 1.54) is 27.8 Å². The minimum Gasteiger partial charge on any atom is -0.0843 e. The number of hydrogen-bond donors (Lipinski definition) is 0. The molecule has 3 rings (SSSR count). The van der Waals surface area contributed by atoms with Crippen LogP contribution < -0.4 is 0 Å². The zero-order valence-corrected chi connectivity index (χ0v) is 10.5. The van der Waals surface area contributed by atoms with Gasteiger partial charge in [-0.05, 0) is 47.7 Å². The van der Waals surface area contributed by atoms with Gasteiger partial charge in [0.25, 0.3) is 0 Å². The minimum absolute atomic E-state index is 0.812. The highest BCUT2D eigenvalue weighted by Crippen LogP contribution is 2.38. The van der Waals surface area contributed by atoms with Crippen LogP contribution >= 0.6 is 11.6 Å². The minimum atomic E-state index is 0.812. The second-order valence-electron chi connectivity index (χ2n) is 4.50. The highest BCUT2D eigenvalue weighted by atomic mass is 35.5. The molecule has 17 heavy (non-hydrogen) atoms. The fourth-order valence-electron chi connectivity index (χ4n) is 2.55. The first-order valence-corrected chi connectivity index (χ1v) is 6.17. The van der Waals surface area contributed by atoms with Crippen molar-refractivity contribution in [2.24, 2.45) is 0 Å². The zero-order valence-electron chi connectivity index (χ0n) is 9.70. The molecule has 0 saturated heterocycles. The van der Waals surface area contributed by atoms with Gasteiger partial charge >= 0.3 is 0 Å². The Labute approximate surface area is 107 Å². The van der Waals surface area contributed by atoms with Crippen molar-refractivity contribution in [2.45, 2.75) is 13.3 Å². The topological polar surface area (TPSA) is 0 Å². The summed E-state index contributed by atoms with van der Waals surface area (Å²) in [4.78, 5) is 0. The standard InChI is InChI=1S/C16H13Cl/c1-11-9-13-7-8-14(17)10-15(13)16(11)12-5-3-2-4-6-12/h2-8,10H,9H2,1H3. The molecule has 0 spiro atoms. The predicted octanol–water partition coefficient (Wildman–Crippen LogP) is 4.72. The molecule has 1 aliphatic rings. The molecule has 0 heterocycles. The third-order valence-electron chi connectivity index (χ3n) is 3.29. The number of fused-ring (bicyclic) bond motifs is 1. The lowest BCUT2D eigenvalue weighted by molar-refractivity contribution is 1.19. The molecule has 0 fully saturated rings. The van der Waals surface area contributed by atoms with Crippen LogP contribution in [-0.4, -0.2) is 0 Å². The summed E-state index contributed by atoms with van der Waals surface area (Å²) in [5.74, 6) is 0. The van der Waals surface area contributed by atoms with Crippen molar-refractivity contribution in [3.8, 4) is 0 Å². The third kappa shape index (κ3) is 1.79. The molecule has 0 bridgehead atoms. The van der Waals surface area contributed by atoms with Crippen LogP contribution in [0.15, 0.2) is 54.1 Å². The Morgan fingerprint density at radius 3 is 2.53 bits per heavy atom. The summed E-state index contributed by atoms with van der Waals surface area (Å²) in [5, 5.41) is 0.812. The van der Waals surface area contributed by atoms with Crippen LogP contribution in [-0.2, 0) is 6.42 Å². The van der Waals surface area contributed by atoms with E-state index in [4.69, 9.17) is 11.6 Å². The van der Waals surface area contributed by atoms with Crippen LogP contribution in [0.25, 0.3) is 5.57 Å². The summed E-state index contributed by atoms with van der Waals surface area (Å²) >= 11 is 6.10. The number of benzene rings is 2. The van der Waals surface area contributed by atoms with E-state index in [0.717, 1.165) is 11.4 Å². The van der Waals surface area contributed by atoms with Gasteiger partial charge in [-0.1, -0.05) is 53.6 Å². The Kier molecular flexibility index (Phi) is 2.53. The van der Waals surface area contributed by atoms with Gasteiger partial charge in [0.1, 0.15) is 0 Å². The van der Waals surface area contributed by atoms with E-state index < -0.39 is 0 Å². The van der Waals surface area contributed by atoms with Crippen molar-refractivity contribution in [3.05, 3.63) is 75.8 Å². The summed E-state index contributed by atoms with van der Waals surface area (Å²) in [6.45, 7) is 2.20. The van der Waals surface area contributed by atoms with Gasteiger partial charge in [-0.2, -0.15) is 0 Å². The largest absolute Gasteiger partial charge is 0.0843 e. The average Bonchev–Trinajstić information content (AvgIpc) is 2.65. The first-order chi connectivity index (χ1) is 8.25. The molecule has 0 unspecified atom stereocenters. The molecule has 0 N–H and O–H groups in total. The maximum absolute atomic E-state index is 6.10. The summed E-state index contributed by atoms with van der Waals surface area (Å²) in [5.41, 5.74) is 6.73. The van der Waals surface area contributed by atoms with E-state index in [2.05, 4.69) is 43.3 Å². The Bertz CT molecular complexity index is 594. The number of allylic oxidation sites excluding steroid dienone is 1. The molecular weight excluding hydrogens is 228 g/mol. The number of halogens is 1. The van der Waals surface area contributed by atoms with Gasteiger partial charge < -0.3 is 0 Å². The second kappa shape index (κ2) is 4.05. The molecular formula is C16H13Cl. The number of hydrogen-bond acceptors (Lipinski definition) is 0. The van der Waals surface area contributed by atoms with Crippen LogP contribution in [0.5, 0.6) is 0 Å². The fourth-order valence-corrected chi connectivity index (χ4v) is 2.72. The Hall–Kier alpha value is -1.53. The van der Waals surface area contributed by atoms with Crippen molar-refractivity contribution in [2.75, 3.05) is 0 Å². The maximum atomic E-state index is 6.10. The molecule has 0 aromatic heterocycles. The highest BCUT2D eigenvalue weighted by Gasteiger charge is 2.19. The lowest BCUT2D eigenvalue weighted by Gasteiger charge is -2.07. The van der Waals surface area contributed by atoms with Crippen LogP contribution in [0.3, 0.4) is 0 Å². The molecule has 0 saturated carbocycles. The van der Waals surface area contributed by atoms with Gasteiger partial charge in [0.15, 0.2) is 0 Å². The third-order valence-corrected chi connectivity index (χ3v) is 3.52. The van der Waals surface area contributed by atoms with Gasteiger partial charge in [-0.15, -0.1) is 0 Å². The summed E-state index contributed by atoms with van der Waals surface area (Å²) < 4.78 is 0. The van der Waals surface area contributed by atoms with E-state index in [9.17, 15) is 0 Å². The quantitative estimate of drug-likeness (QED) is 0.677. The van der Waals surface area contributed by atoms with Gasteiger partial charge in [0.05, 0.1) is 0 Å². The van der Waals surface area contributed by atoms with Crippen LogP contribution in [0.1, 0.15) is 23.6 Å². The van der Waals surface area contributed by atoms with E-state index >= 15 is 0 Å². The predicted molar refractivity (Wildman–Crippen MR) is 73.3 cm³/mol. The molecule has 2 aromatic carbocycles. The van der Waals surface area contributed by atoms with Crippen LogP contribution in [0, 0.1) is 0 Å². The molecule has 0 radical (unpaired) electrons. The molecule has 2 aromatic rings. The van der Waals surface area contributed by atoms with Crippen LogP contribution in [0.2, 0.25) is 5.02 Å². The van der Waals surface area contributed by atoms with Crippen LogP contribution in [0.4, 0.5) is 0 Å². The van der Waals surface area contributed by atoms with E-state index in [1.807, 2.05) is 12.1 Å². The molecule has 0 nitrogen and oxygen atoms in total. The Balaban J connectivity index is 2.19. The zero-order chi connectivity index (χ0) is 11.8. The first kappa shape index (κ1) is 10.6. The first-order valence-electron chi connectivity index (χ1n) is 5.79. The average molecular weight is 241 g/mol. The van der Waals surface area contributed by atoms with E-state index in [0.29, 0.717) is 0 Å². The molecule has 0 atom stereocenters. The van der Waals surface area contributed by atoms with Crippen molar-refractivity contribution < 1.29 is 0 Å². The van der Waals surface area contributed by atoms with Gasteiger partial charge in [-0.25, -0.2) is 0 Å². The van der Waals surface area contributed by atoms with Crippen molar-refractivity contribution in [1.82, 2.24) is 0 Å². The normalized spacial score (nSPS) is 14.0. The maximum Gasteiger partial charge on any atom is 0.0412 e. The lowest BCUT2D eigenvalue weighted by atomic mass is 9.98. The molecule has 1 heteroatoms. The SMILES string of the molecule is CC1=C(c2ccccc2)c2cc(Cl)ccc2C1. The summed E-state index contributed by atoms with van der Waals surface area (Å²) in [6, 6.07) is 16.7. The van der Waals surface area contributed by atoms with Crippen molar-refractivity contribution in [1.29, 1.82) is 0 Å². The molecule has 84 valence electrons. The number of rotatable bonds is 1. The van der Waals surface area contributed by atoms with Gasteiger partial charge in [0, 0.05) is 5.02 Å². The fraction of sp³-hybridized carbons (Fsp3) is 0.125. The molecule has 1 aliphatic carbocycles.